The Balaban J connectivity index is 1.59. The lowest BCUT2D eigenvalue weighted by Crippen LogP contribution is -2.17. The van der Waals surface area contributed by atoms with Gasteiger partial charge in [-0.25, -0.2) is 4.79 Å². The van der Waals surface area contributed by atoms with Gasteiger partial charge in [-0.05, 0) is 43.4 Å². The highest BCUT2D eigenvalue weighted by Gasteiger charge is 2.27. The third-order valence-corrected chi connectivity index (χ3v) is 5.80. The standard InChI is InChI=1S/C19H18N2O4S/c1-24-19(23)17-12-7-3-5-9-15(12)26-18(17)20-16(22)10-13-11-6-2-4-8-14(11)25-21-13/h2,4,6,8H,3,5,7,9-10H2,1H3,(H,20,22). The first-order valence-electron chi connectivity index (χ1n) is 8.53. The Labute approximate surface area is 154 Å². The molecular weight excluding hydrogens is 352 g/mol. The fourth-order valence-corrected chi connectivity index (χ4v) is 4.65. The van der Waals surface area contributed by atoms with Gasteiger partial charge in [0.2, 0.25) is 5.91 Å². The van der Waals surface area contributed by atoms with Crippen LogP contribution in [0.4, 0.5) is 5.00 Å². The topological polar surface area (TPSA) is 81.4 Å². The number of ether oxygens (including phenoxy) is 1. The molecule has 2 aromatic heterocycles. The van der Waals surface area contributed by atoms with Crippen LogP contribution in [0.15, 0.2) is 28.8 Å². The molecule has 4 rings (SSSR count). The number of fused-ring (bicyclic) bond motifs is 2. The molecule has 0 aliphatic heterocycles. The SMILES string of the molecule is COC(=O)c1c(NC(=O)Cc2noc3ccccc23)sc2c1CCCC2. The maximum atomic E-state index is 12.6. The number of aryl methyl sites for hydroxylation is 1. The van der Waals surface area contributed by atoms with E-state index in [4.69, 9.17) is 9.26 Å². The first-order valence-corrected chi connectivity index (χ1v) is 9.35. The van der Waals surface area contributed by atoms with Crippen LogP contribution in [0.1, 0.15) is 39.3 Å². The van der Waals surface area contributed by atoms with Gasteiger partial charge in [0.15, 0.2) is 5.58 Å². The van der Waals surface area contributed by atoms with Crippen molar-refractivity contribution in [1.82, 2.24) is 5.16 Å². The molecule has 0 spiro atoms. The number of carbonyl (C=O) groups is 2. The predicted octanol–water partition coefficient (Wildman–Crippen LogP) is 3.74. The Bertz CT molecular complexity index is 989. The van der Waals surface area contributed by atoms with Gasteiger partial charge in [0.05, 0.1) is 19.1 Å². The van der Waals surface area contributed by atoms with Crippen molar-refractivity contribution in [3.8, 4) is 0 Å². The van der Waals surface area contributed by atoms with Gasteiger partial charge >= 0.3 is 5.97 Å². The second-order valence-corrected chi connectivity index (χ2v) is 7.36. The number of nitrogens with one attached hydrogen (secondary N) is 1. The molecule has 1 N–H and O–H groups in total. The summed E-state index contributed by atoms with van der Waals surface area (Å²) in [7, 11) is 1.36. The molecule has 0 bridgehead atoms. The molecule has 1 aromatic carbocycles. The van der Waals surface area contributed by atoms with Gasteiger partial charge in [0.1, 0.15) is 10.7 Å². The molecule has 1 aliphatic rings. The van der Waals surface area contributed by atoms with Crippen LogP contribution < -0.4 is 5.32 Å². The zero-order valence-electron chi connectivity index (χ0n) is 14.3. The summed E-state index contributed by atoms with van der Waals surface area (Å²) in [5.74, 6) is -0.626. The minimum Gasteiger partial charge on any atom is -0.465 e. The molecule has 0 fully saturated rings. The van der Waals surface area contributed by atoms with Crippen LogP contribution in [0.2, 0.25) is 0 Å². The number of hydrogen-bond acceptors (Lipinski definition) is 6. The van der Waals surface area contributed by atoms with E-state index in [9.17, 15) is 9.59 Å². The fraction of sp³-hybridized carbons (Fsp3) is 0.316. The van der Waals surface area contributed by atoms with Crippen LogP contribution in [0.5, 0.6) is 0 Å². The number of thiophene rings is 1. The van der Waals surface area contributed by atoms with Gasteiger partial charge in [-0.1, -0.05) is 17.3 Å². The van der Waals surface area contributed by atoms with Gasteiger partial charge < -0.3 is 14.6 Å². The molecule has 0 atom stereocenters. The number of benzene rings is 1. The van der Waals surface area contributed by atoms with Crippen molar-refractivity contribution in [2.45, 2.75) is 32.1 Å². The second kappa shape index (κ2) is 6.92. The molecule has 0 radical (unpaired) electrons. The normalized spacial score (nSPS) is 13.4. The van der Waals surface area contributed by atoms with Gasteiger partial charge in [-0.2, -0.15) is 0 Å². The number of hydrogen-bond donors (Lipinski definition) is 1. The highest BCUT2D eigenvalue weighted by molar-refractivity contribution is 7.17. The summed E-state index contributed by atoms with van der Waals surface area (Å²) in [6.07, 6.45) is 4.02. The lowest BCUT2D eigenvalue weighted by Gasteiger charge is -2.11. The Hall–Kier alpha value is -2.67. The van der Waals surface area contributed by atoms with E-state index < -0.39 is 5.97 Å². The number of nitrogens with zero attached hydrogens (tertiary/aromatic N) is 1. The number of para-hydroxylation sites is 1. The summed E-state index contributed by atoms with van der Waals surface area (Å²) in [5.41, 5.74) is 2.76. The van der Waals surface area contributed by atoms with Gasteiger partial charge in [0, 0.05) is 10.3 Å². The molecule has 6 nitrogen and oxygen atoms in total. The summed E-state index contributed by atoms with van der Waals surface area (Å²) < 4.78 is 10.2. The smallest absolute Gasteiger partial charge is 0.341 e. The summed E-state index contributed by atoms with van der Waals surface area (Å²) in [6, 6.07) is 7.42. The van der Waals surface area contributed by atoms with Crippen molar-refractivity contribution in [3.63, 3.8) is 0 Å². The molecule has 1 aliphatic carbocycles. The largest absolute Gasteiger partial charge is 0.465 e. The van der Waals surface area contributed by atoms with Gasteiger partial charge in [0.25, 0.3) is 0 Å². The summed E-state index contributed by atoms with van der Waals surface area (Å²) in [5, 5.41) is 8.27. The van der Waals surface area contributed by atoms with Crippen molar-refractivity contribution >= 4 is 39.2 Å². The molecule has 134 valence electrons. The van der Waals surface area contributed by atoms with Crippen molar-refractivity contribution in [3.05, 3.63) is 46.0 Å². The number of anilines is 1. The van der Waals surface area contributed by atoms with Crippen LogP contribution >= 0.6 is 11.3 Å². The minimum atomic E-state index is -0.397. The highest BCUT2D eigenvalue weighted by atomic mass is 32.1. The molecule has 26 heavy (non-hydrogen) atoms. The van der Waals surface area contributed by atoms with Crippen LogP contribution in [-0.4, -0.2) is 24.1 Å². The molecular formula is C19H18N2O4S. The van der Waals surface area contributed by atoms with Crippen molar-refractivity contribution in [1.29, 1.82) is 0 Å². The van der Waals surface area contributed by atoms with Crippen LogP contribution in [0.3, 0.4) is 0 Å². The van der Waals surface area contributed by atoms with E-state index in [1.165, 1.54) is 23.3 Å². The van der Waals surface area contributed by atoms with E-state index in [2.05, 4.69) is 10.5 Å². The van der Waals surface area contributed by atoms with Crippen LogP contribution in [0, 0.1) is 0 Å². The molecule has 0 saturated heterocycles. The molecule has 3 aromatic rings. The van der Waals surface area contributed by atoms with E-state index in [-0.39, 0.29) is 12.3 Å². The Morgan fingerprint density at radius 3 is 2.92 bits per heavy atom. The monoisotopic (exact) mass is 370 g/mol. The number of amides is 1. The average molecular weight is 370 g/mol. The first-order chi connectivity index (χ1) is 12.7. The maximum absolute atomic E-state index is 12.6. The number of methoxy groups -OCH3 is 1. The van der Waals surface area contributed by atoms with Gasteiger partial charge in [-0.3, -0.25) is 4.79 Å². The van der Waals surface area contributed by atoms with Gasteiger partial charge in [-0.15, -0.1) is 11.3 Å². The summed E-state index contributed by atoms with van der Waals surface area (Å²) in [6.45, 7) is 0. The fourth-order valence-electron chi connectivity index (χ4n) is 3.36. The van der Waals surface area contributed by atoms with E-state index in [0.29, 0.717) is 21.8 Å². The average Bonchev–Trinajstić information content (AvgIpc) is 3.22. The highest BCUT2D eigenvalue weighted by Crippen LogP contribution is 2.38. The van der Waals surface area contributed by atoms with E-state index in [1.807, 2.05) is 24.3 Å². The van der Waals surface area contributed by atoms with Crippen molar-refractivity contribution < 1.29 is 18.8 Å². The van der Waals surface area contributed by atoms with E-state index in [1.54, 1.807) is 0 Å². The first kappa shape index (κ1) is 16.8. The second-order valence-electron chi connectivity index (χ2n) is 6.26. The molecule has 2 heterocycles. The van der Waals surface area contributed by atoms with E-state index >= 15 is 0 Å². The molecule has 0 saturated carbocycles. The Morgan fingerprint density at radius 2 is 2.08 bits per heavy atom. The third kappa shape index (κ3) is 2.99. The van der Waals surface area contributed by atoms with E-state index in [0.717, 1.165) is 36.6 Å². The van der Waals surface area contributed by atoms with Crippen LogP contribution in [-0.2, 0) is 28.8 Å². The predicted molar refractivity (Wildman–Crippen MR) is 98.6 cm³/mol. The number of rotatable bonds is 4. The zero-order chi connectivity index (χ0) is 18.1. The maximum Gasteiger partial charge on any atom is 0.341 e. The quantitative estimate of drug-likeness (QED) is 0.708. The Morgan fingerprint density at radius 1 is 1.27 bits per heavy atom. The lowest BCUT2D eigenvalue weighted by molar-refractivity contribution is -0.115. The lowest BCUT2D eigenvalue weighted by atomic mass is 9.95. The van der Waals surface area contributed by atoms with Crippen molar-refractivity contribution in [2.75, 3.05) is 12.4 Å². The summed E-state index contributed by atoms with van der Waals surface area (Å²) in [4.78, 5) is 26.0. The third-order valence-electron chi connectivity index (χ3n) is 4.59. The molecule has 7 heteroatoms. The van der Waals surface area contributed by atoms with Crippen molar-refractivity contribution in [2.24, 2.45) is 0 Å². The number of carbonyl (C=O) groups excluding carboxylic acids is 2. The summed E-state index contributed by atoms with van der Waals surface area (Å²) >= 11 is 1.47. The Kier molecular flexibility index (Phi) is 4.46. The molecule has 0 unspecified atom stereocenters. The molecule has 1 amide bonds. The van der Waals surface area contributed by atoms with Crippen LogP contribution in [0.25, 0.3) is 11.0 Å². The number of aromatic nitrogens is 1. The number of esters is 1. The zero-order valence-corrected chi connectivity index (χ0v) is 15.1. The minimum absolute atomic E-state index is 0.0835.